The van der Waals surface area contributed by atoms with Crippen LogP contribution in [0.15, 0.2) is 144 Å². The van der Waals surface area contributed by atoms with Crippen molar-refractivity contribution in [2.75, 3.05) is 186 Å². The summed E-state index contributed by atoms with van der Waals surface area (Å²) < 4.78 is 119. The lowest BCUT2D eigenvalue weighted by Crippen LogP contribution is -2.44. The Morgan fingerprint density at radius 2 is 0.748 bits per heavy atom. The van der Waals surface area contributed by atoms with Gasteiger partial charge in [-0.15, -0.1) is 0 Å². The summed E-state index contributed by atoms with van der Waals surface area (Å²) in [7, 11) is -11.7. The van der Waals surface area contributed by atoms with Gasteiger partial charge in [-0.1, -0.05) is 30.3 Å². The zero-order valence-corrected chi connectivity index (χ0v) is 79.2. The first-order valence-corrected chi connectivity index (χ1v) is 52.8. The zero-order chi connectivity index (χ0) is 90.9. The van der Waals surface area contributed by atoms with Gasteiger partial charge in [0.25, 0.3) is 5.95 Å². The SMILES string of the molecule is C[C@@H]1COCCN1c1cc(N=S(C)(C)=O)nc(-n2ccnc2)n1.C[C@@H]1COCCN1c1cc(N=S(C)(C)=O)nc(-n2ncc3ccccc32)n1.Cc1cn(-c2nc(N=S(C)(C)=O)cc(N3CCOC[C@H]3C)n2)cn1.Cc1nc2ccccc2n1-c1nc(N=S(C)(C)=O)cc(N2CCOC[C@H]2C)n1.Cc1ncn(-c2nc(N=S(C)(C)=O)cc(N3CCOC[C@H]3C)n2)c1C. The number of aromatic nitrogens is 20. The van der Waals surface area contributed by atoms with Gasteiger partial charge in [0, 0.05) is 204 Å². The molecule has 5 aliphatic heterocycles. The maximum absolute atomic E-state index is 12.3. The number of fused-ring (bicyclic) bond motifs is 2. The van der Waals surface area contributed by atoms with E-state index in [9.17, 15) is 21.0 Å². The van der Waals surface area contributed by atoms with Gasteiger partial charge in [0.1, 0.15) is 53.9 Å². The van der Waals surface area contributed by atoms with Crippen molar-refractivity contribution in [3.05, 3.63) is 146 Å². The van der Waals surface area contributed by atoms with Crippen LogP contribution in [0.4, 0.5) is 58.2 Å². The zero-order valence-electron chi connectivity index (χ0n) is 75.1. The van der Waals surface area contributed by atoms with Crippen LogP contribution in [0.1, 0.15) is 57.5 Å². The van der Waals surface area contributed by atoms with Crippen molar-refractivity contribution in [1.82, 2.24) is 97.8 Å². The average molecular weight is 1840 g/mol. The van der Waals surface area contributed by atoms with Crippen LogP contribution in [-0.4, -0.2) is 310 Å². The number of hydrogen-bond acceptors (Lipinski definition) is 35. The van der Waals surface area contributed by atoms with Gasteiger partial charge in [0.15, 0.2) is 29.1 Å². The van der Waals surface area contributed by atoms with Gasteiger partial charge in [-0.2, -0.15) is 81.4 Å². The molecule has 17 rings (SSSR count). The molecule has 0 unspecified atom stereocenters. The molecule has 15 heterocycles. The first kappa shape index (κ1) is 93.6. The van der Waals surface area contributed by atoms with E-state index in [1.165, 1.54) is 0 Å². The molecule has 40 nitrogen and oxygen atoms in total. The van der Waals surface area contributed by atoms with Gasteiger partial charge in [-0.05, 0) is 80.5 Å². The van der Waals surface area contributed by atoms with Crippen LogP contribution in [-0.2, 0) is 72.3 Å². The van der Waals surface area contributed by atoms with Crippen molar-refractivity contribution < 1.29 is 44.7 Å². The Morgan fingerprint density at radius 1 is 0.386 bits per heavy atom. The van der Waals surface area contributed by atoms with Gasteiger partial charge < -0.3 is 48.2 Å². The second kappa shape index (κ2) is 40.1. The van der Waals surface area contributed by atoms with E-state index < -0.39 is 48.6 Å². The van der Waals surface area contributed by atoms with Crippen molar-refractivity contribution in [3.8, 4) is 29.7 Å². The van der Waals surface area contributed by atoms with Crippen molar-refractivity contribution in [2.45, 2.75) is 92.5 Å². The molecule has 680 valence electrons. The molecule has 0 bridgehead atoms. The third-order valence-electron chi connectivity index (χ3n) is 20.1. The fraction of sp³-hybridized carbons (Fsp3) is 0.476. The minimum absolute atomic E-state index is 0.177. The molecule has 5 atom stereocenters. The average Bonchev–Trinajstić information content (AvgIpc) is 1.68. The van der Waals surface area contributed by atoms with E-state index in [1.807, 2.05) is 91.6 Å². The lowest BCUT2D eigenvalue weighted by atomic mass is 10.2. The summed E-state index contributed by atoms with van der Waals surface area (Å²) in [5.41, 5.74) is 5.46. The van der Waals surface area contributed by atoms with E-state index in [0.29, 0.717) is 125 Å². The number of anilines is 5. The molecule has 0 radical (unpaired) electrons. The molecule has 12 aromatic rings. The Kier molecular flexibility index (Phi) is 29.6. The predicted octanol–water partition coefficient (Wildman–Crippen LogP) is 9.77. The van der Waals surface area contributed by atoms with E-state index in [2.05, 4.69) is 141 Å². The van der Waals surface area contributed by atoms with Gasteiger partial charge in [-0.25, -0.2) is 41.0 Å². The molecule has 0 spiro atoms. The Hall–Kier alpha value is -11.0. The van der Waals surface area contributed by atoms with Crippen LogP contribution in [0.3, 0.4) is 0 Å². The lowest BCUT2D eigenvalue weighted by Gasteiger charge is -2.34. The maximum atomic E-state index is 12.3. The molecule has 0 N–H and O–H groups in total. The van der Waals surface area contributed by atoms with Crippen LogP contribution < -0.4 is 24.5 Å². The monoisotopic (exact) mass is 1840 g/mol. The maximum Gasteiger partial charge on any atom is 0.255 e. The number of nitrogens with zero attached hydrogens (tertiary/aromatic N) is 30. The number of rotatable bonds is 15. The fourth-order valence-electron chi connectivity index (χ4n) is 14.2. The number of imidazole rings is 4. The third kappa shape index (κ3) is 25.3. The highest BCUT2D eigenvalue weighted by Crippen LogP contribution is 2.33. The molecule has 0 amide bonds. The molecule has 45 heteroatoms. The highest BCUT2D eigenvalue weighted by atomic mass is 32.2. The van der Waals surface area contributed by atoms with Crippen LogP contribution >= 0.6 is 0 Å². The van der Waals surface area contributed by atoms with Crippen molar-refractivity contribution >= 4 is 129 Å². The van der Waals surface area contributed by atoms with Crippen LogP contribution in [0, 0.1) is 27.7 Å². The molecule has 5 aliphatic rings. The highest BCUT2D eigenvalue weighted by molar-refractivity contribution is 7.93. The van der Waals surface area contributed by atoms with Crippen LogP contribution in [0.5, 0.6) is 0 Å². The highest BCUT2D eigenvalue weighted by Gasteiger charge is 2.29. The first-order chi connectivity index (χ1) is 60.2. The number of morpholine rings is 5. The molecular weight excluding hydrogens is 1730 g/mol. The predicted molar refractivity (Wildman–Crippen MR) is 498 cm³/mol. The van der Waals surface area contributed by atoms with E-state index >= 15 is 0 Å². The summed E-state index contributed by atoms with van der Waals surface area (Å²) in [6.07, 6.45) is 28.0. The summed E-state index contributed by atoms with van der Waals surface area (Å²) in [6, 6.07) is 25.6. The summed E-state index contributed by atoms with van der Waals surface area (Å²) in [6.45, 7) is 28.3. The molecule has 10 aromatic heterocycles. The van der Waals surface area contributed by atoms with Gasteiger partial charge in [-0.3, -0.25) is 18.3 Å². The summed E-state index contributed by atoms with van der Waals surface area (Å²) in [4.78, 5) is 73.9. The molecule has 0 aliphatic carbocycles. The Bertz CT molecular complexity index is 6570. The topological polar surface area (TPSA) is 428 Å². The molecule has 0 saturated carbocycles. The number of ether oxygens (including phenoxy) is 5. The molecular formula is C82H112N30O10S5. The van der Waals surface area contributed by atoms with Gasteiger partial charge >= 0.3 is 0 Å². The first-order valence-electron chi connectivity index (χ1n) is 41.1. The summed E-state index contributed by atoms with van der Waals surface area (Å²) in [5, 5.41) is 5.44. The van der Waals surface area contributed by atoms with Gasteiger partial charge in [0.2, 0.25) is 23.8 Å². The third-order valence-corrected chi connectivity index (χ3v) is 23.2. The van der Waals surface area contributed by atoms with Gasteiger partial charge in [0.05, 0.1) is 130 Å². The van der Waals surface area contributed by atoms with E-state index in [1.54, 1.807) is 144 Å². The normalized spacial score (nSPS) is 18.4. The number of hydrogen-bond donors (Lipinski definition) is 0. The van der Waals surface area contributed by atoms with E-state index in [-0.39, 0.29) is 30.2 Å². The van der Waals surface area contributed by atoms with Crippen LogP contribution in [0.2, 0.25) is 0 Å². The second-order valence-corrected chi connectivity index (χ2v) is 45.4. The standard InChI is InChI=1S/C19H24N6O2S.C18H22N6O2S.C16H24N6O2S.C15H22N6O2S.C14H20N6O2S/c1-13-12-27-10-9-24(13)18-11-17(23-28(3,4)26)21-19(22-18)25-14(2)20-15-7-5-6-8-16(15)25;1-13-12-26-9-8-23(13)17-10-16(22-27(2,3)25)20-18(21-17)24-15-7-5-4-6-14(15)11-19-24;1-11-9-24-7-6-21(11)15-8-14(20-25(4,5)23)18-16(19-15)22-10-17-12(2)13(22)3;1-11-8-20(10-16-11)15-17-13(19-24(3,4)22)7-14(18-15)21-5-6-23-9-12(21)2;1-11-9-22-7-6-20(11)13-8-12(18-23(2,3)21)16-14(17-13)19-5-4-15-10-19/h5-8,11,13H,9-10,12H2,1-4H3;4-7,10-11,13H,8-9,12H2,1-3H3;8,10-11H,6-7,9H2,1-5H3;7-8,10,12H,5-6,9H2,1-4H3;4-5,8,10-11H,6-7,9H2,1-3H3/t2*13-;11-;12-;11-/m11111/s1. The Balaban J connectivity index is 0.000000136. The Morgan fingerprint density at radius 3 is 1.13 bits per heavy atom. The summed E-state index contributed by atoms with van der Waals surface area (Å²) >= 11 is 0. The fourth-order valence-corrected chi connectivity index (χ4v) is 16.9. The second-order valence-electron chi connectivity index (χ2n) is 32.6. The number of benzene rings is 2. The minimum atomic E-state index is -2.36. The molecule has 5 fully saturated rings. The van der Waals surface area contributed by atoms with Crippen LogP contribution in [0.25, 0.3) is 51.7 Å². The number of aryl methyl sites for hydroxylation is 3. The van der Waals surface area contributed by atoms with E-state index in [4.69, 9.17) is 38.6 Å². The van der Waals surface area contributed by atoms with Crippen molar-refractivity contribution in [2.24, 2.45) is 21.8 Å². The Labute approximate surface area is 742 Å². The van der Waals surface area contributed by atoms with E-state index in [0.717, 1.165) is 107 Å². The molecule has 5 saturated heterocycles. The number of para-hydroxylation sites is 3. The summed E-state index contributed by atoms with van der Waals surface area (Å²) in [5.74, 6) is 8.87. The molecule has 127 heavy (non-hydrogen) atoms. The minimum Gasteiger partial charge on any atom is -0.377 e. The van der Waals surface area contributed by atoms with Crippen molar-refractivity contribution in [1.29, 1.82) is 0 Å². The van der Waals surface area contributed by atoms with Crippen molar-refractivity contribution in [3.63, 3.8) is 0 Å². The smallest absolute Gasteiger partial charge is 0.255 e. The lowest BCUT2D eigenvalue weighted by molar-refractivity contribution is 0.0985. The molecule has 2 aromatic carbocycles. The largest absolute Gasteiger partial charge is 0.377 e. The quantitative estimate of drug-likeness (QED) is 0.0920.